The molecule has 0 saturated carbocycles. The maximum atomic E-state index is 5.76. The molecule has 20 heavy (non-hydrogen) atoms. The lowest BCUT2D eigenvalue weighted by Gasteiger charge is -2.30. The van der Waals surface area contributed by atoms with Crippen LogP contribution in [0.2, 0.25) is 0 Å². The predicted octanol–water partition coefficient (Wildman–Crippen LogP) is 1.39. The molecule has 1 N–H and O–H groups in total. The molecule has 0 aromatic carbocycles. The lowest BCUT2D eigenvalue weighted by atomic mass is 10.2. The summed E-state index contributed by atoms with van der Waals surface area (Å²) in [5.41, 5.74) is 0. The van der Waals surface area contributed by atoms with Crippen molar-refractivity contribution in [3.8, 4) is 0 Å². The molecular weight excluding hydrogens is 256 g/mol. The van der Waals surface area contributed by atoms with Crippen LogP contribution in [0.4, 0.5) is 0 Å². The minimum Gasteiger partial charge on any atom is -0.367 e. The topological polar surface area (TPSA) is 63.4 Å². The van der Waals surface area contributed by atoms with Crippen LogP contribution in [-0.4, -0.2) is 53.9 Å². The van der Waals surface area contributed by atoms with Gasteiger partial charge in [-0.15, -0.1) is 0 Å². The summed E-state index contributed by atoms with van der Waals surface area (Å²) in [6.07, 6.45) is 1.86. The van der Waals surface area contributed by atoms with Gasteiger partial charge in [0.05, 0.1) is 6.61 Å². The summed E-state index contributed by atoms with van der Waals surface area (Å²) in [5.74, 6) is 1.37. The first kappa shape index (κ1) is 15.4. The van der Waals surface area contributed by atoms with Crippen LogP contribution < -0.4 is 5.32 Å². The molecule has 0 amide bonds. The maximum absolute atomic E-state index is 5.76. The summed E-state index contributed by atoms with van der Waals surface area (Å²) < 4.78 is 11.1. The van der Waals surface area contributed by atoms with Gasteiger partial charge in [-0.2, -0.15) is 4.98 Å². The lowest BCUT2D eigenvalue weighted by Crippen LogP contribution is -2.39. The van der Waals surface area contributed by atoms with E-state index in [1.807, 2.05) is 0 Å². The second kappa shape index (κ2) is 7.71. The Morgan fingerprint density at radius 2 is 2.30 bits per heavy atom. The fourth-order valence-corrected chi connectivity index (χ4v) is 2.54. The van der Waals surface area contributed by atoms with E-state index in [0.29, 0.717) is 17.8 Å². The molecule has 1 aromatic rings. The average molecular weight is 282 g/mol. The Morgan fingerprint density at radius 1 is 1.45 bits per heavy atom. The summed E-state index contributed by atoms with van der Waals surface area (Å²) in [4.78, 5) is 6.88. The van der Waals surface area contributed by atoms with Crippen molar-refractivity contribution in [2.75, 3.05) is 32.8 Å². The van der Waals surface area contributed by atoms with Gasteiger partial charge in [0.25, 0.3) is 0 Å². The Labute approximate surface area is 120 Å². The minimum atomic E-state index is -0.0535. The van der Waals surface area contributed by atoms with E-state index in [2.05, 4.69) is 41.1 Å². The van der Waals surface area contributed by atoms with Gasteiger partial charge < -0.3 is 14.6 Å². The third-order valence-electron chi connectivity index (χ3n) is 3.50. The number of nitrogens with one attached hydrogen (secondary N) is 1. The summed E-state index contributed by atoms with van der Waals surface area (Å²) in [5, 5.41) is 7.42. The van der Waals surface area contributed by atoms with Crippen LogP contribution in [0.25, 0.3) is 0 Å². The first-order valence-corrected chi connectivity index (χ1v) is 7.62. The first-order valence-electron chi connectivity index (χ1n) is 7.62. The lowest BCUT2D eigenvalue weighted by molar-refractivity contribution is -0.0350. The monoisotopic (exact) mass is 282 g/mol. The molecule has 0 bridgehead atoms. The molecule has 0 radical (unpaired) electrons. The SMILES string of the molecule is CCCN1CCOC(c2noc(CC(C)NCC)n2)C1. The van der Waals surface area contributed by atoms with E-state index in [1.165, 1.54) is 0 Å². The number of nitrogens with zero attached hydrogens (tertiary/aromatic N) is 3. The molecule has 2 unspecified atom stereocenters. The molecule has 1 aromatic heterocycles. The Morgan fingerprint density at radius 3 is 3.05 bits per heavy atom. The van der Waals surface area contributed by atoms with Crippen LogP contribution in [-0.2, 0) is 11.2 Å². The highest BCUT2D eigenvalue weighted by atomic mass is 16.5. The van der Waals surface area contributed by atoms with Crippen LogP contribution in [0.3, 0.4) is 0 Å². The van der Waals surface area contributed by atoms with Crippen molar-refractivity contribution in [3.05, 3.63) is 11.7 Å². The Hall–Kier alpha value is -0.980. The van der Waals surface area contributed by atoms with Crippen molar-refractivity contribution < 1.29 is 9.26 Å². The minimum absolute atomic E-state index is 0.0535. The Kier molecular flexibility index (Phi) is 5.94. The molecule has 6 heteroatoms. The van der Waals surface area contributed by atoms with Gasteiger partial charge in [0.1, 0.15) is 6.10 Å². The van der Waals surface area contributed by atoms with E-state index >= 15 is 0 Å². The highest BCUT2D eigenvalue weighted by Gasteiger charge is 2.25. The zero-order chi connectivity index (χ0) is 14.4. The predicted molar refractivity (Wildman–Crippen MR) is 76.6 cm³/mol. The van der Waals surface area contributed by atoms with Crippen molar-refractivity contribution in [3.63, 3.8) is 0 Å². The van der Waals surface area contributed by atoms with Crippen molar-refractivity contribution in [1.29, 1.82) is 0 Å². The van der Waals surface area contributed by atoms with Gasteiger partial charge in [-0.05, 0) is 26.4 Å². The molecule has 1 saturated heterocycles. The van der Waals surface area contributed by atoms with E-state index < -0.39 is 0 Å². The molecule has 0 aliphatic carbocycles. The number of likely N-dealkylation sites (N-methyl/N-ethyl adjacent to an activating group) is 1. The smallest absolute Gasteiger partial charge is 0.228 e. The van der Waals surface area contributed by atoms with Crippen LogP contribution in [0.1, 0.15) is 45.0 Å². The number of hydrogen-bond donors (Lipinski definition) is 1. The third-order valence-corrected chi connectivity index (χ3v) is 3.50. The molecular formula is C14H26N4O2. The van der Waals surface area contributed by atoms with Gasteiger partial charge in [-0.1, -0.05) is 19.0 Å². The number of aromatic nitrogens is 2. The largest absolute Gasteiger partial charge is 0.367 e. The first-order chi connectivity index (χ1) is 9.72. The molecule has 2 atom stereocenters. The van der Waals surface area contributed by atoms with E-state index in [9.17, 15) is 0 Å². The summed E-state index contributed by atoms with van der Waals surface area (Å²) in [6.45, 7) is 11.0. The van der Waals surface area contributed by atoms with Crippen molar-refractivity contribution in [2.45, 2.75) is 45.8 Å². The highest BCUT2D eigenvalue weighted by Crippen LogP contribution is 2.20. The van der Waals surface area contributed by atoms with Crippen LogP contribution in [0.5, 0.6) is 0 Å². The molecule has 114 valence electrons. The van der Waals surface area contributed by atoms with E-state index in [1.54, 1.807) is 0 Å². The number of morpholine rings is 1. The molecule has 1 fully saturated rings. The summed E-state index contributed by atoms with van der Waals surface area (Å²) in [6, 6.07) is 0.345. The number of rotatable bonds is 7. The van der Waals surface area contributed by atoms with Crippen molar-refractivity contribution in [2.24, 2.45) is 0 Å². The van der Waals surface area contributed by atoms with Gasteiger partial charge in [-0.3, -0.25) is 4.90 Å². The third kappa shape index (κ3) is 4.26. The summed E-state index contributed by atoms with van der Waals surface area (Å²) in [7, 11) is 0. The molecule has 2 rings (SSSR count). The van der Waals surface area contributed by atoms with Crippen LogP contribution >= 0.6 is 0 Å². The fourth-order valence-electron chi connectivity index (χ4n) is 2.54. The number of ether oxygens (including phenoxy) is 1. The molecule has 1 aliphatic heterocycles. The fraction of sp³-hybridized carbons (Fsp3) is 0.857. The van der Waals surface area contributed by atoms with E-state index in [0.717, 1.165) is 45.6 Å². The van der Waals surface area contributed by atoms with Gasteiger partial charge >= 0.3 is 0 Å². The zero-order valence-corrected chi connectivity index (χ0v) is 12.8. The standard InChI is InChI=1S/C14H26N4O2/c1-4-6-18-7-8-19-12(10-18)14-16-13(20-17-14)9-11(3)15-5-2/h11-12,15H,4-10H2,1-3H3. The average Bonchev–Trinajstić information content (AvgIpc) is 2.88. The second-order valence-electron chi connectivity index (χ2n) is 5.37. The Bertz CT molecular complexity index is 394. The molecule has 0 spiro atoms. The maximum Gasteiger partial charge on any atom is 0.228 e. The molecule has 6 nitrogen and oxygen atoms in total. The molecule has 2 heterocycles. The number of hydrogen-bond acceptors (Lipinski definition) is 6. The van der Waals surface area contributed by atoms with Crippen LogP contribution in [0.15, 0.2) is 4.52 Å². The zero-order valence-electron chi connectivity index (χ0n) is 12.8. The van der Waals surface area contributed by atoms with Gasteiger partial charge in [0, 0.05) is 25.6 Å². The van der Waals surface area contributed by atoms with Crippen molar-refractivity contribution in [1.82, 2.24) is 20.4 Å². The highest BCUT2D eigenvalue weighted by molar-refractivity contribution is 4.95. The quantitative estimate of drug-likeness (QED) is 0.815. The van der Waals surface area contributed by atoms with Gasteiger partial charge in [0.15, 0.2) is 0 Å². The second-order valence-corrected chi connectivity index (χ2v) is 5.37. The molecule has 1 aliphatic rings. The van der Waals surface area contributed by atoms with Gasteiger partial charge in [-0.25, -0.2) is 0 Å². The van der Waals surface area contributed by atoms with Crippen LogP contribution in [0, 0.1) is 0 Å². The normalized spacial score (nSPS) is 22.1. The Balaban J connectivity index is 1.90. The summed E-state index contributed by atoms with van der Waals surface area (Å²) >= 11 is 0. The van der Waals surface area contributed by atoms with Crippen molar-refractivity contribution >= 4 is 0 Å². The van der Waals surface area contributed by atoms with Gasteiger partial charge in [0.2, 0.25) is 11.7 Å². The van der Waals surface area contributed by atoms with E-state index in [4.69, 9.17) is 9.26 Å². The van der Waals surface area contributed by atoms with E-state index in [-0.39, 0.29) is 6.10 Å².